The van der Waals surface area contributed by atoms with Gasteiger partial charge in [-0.2, -0.15) is 0 Å². The van der Waals surface area contributed by atoms with Gasteiger partial charge < -0.3 is 47.4 Å². The van der Waals surface area contributed by atoms with E-state index in [-0.39, 0.29) is 6.79 Å². The predicted molar refractivity (Wildman–Crippen MR) is 226 cm³/mol. The van der Waals surface area contributed by atoms with Gasteiger partial charge in [-0.15, -0.1) is 0 Å². The van der Waals surface area contributed by atoms with Crippen molar-refractivity contribution in [3.05, 3.63) is 143 Å². The molecule has 6 aromatic carbocycles. The van der Waals surface area contributed by atoms with E-state index >= 15 is 0 Å². The van der Waals surface area contributed by atoms with Crippen molar-refractivity contribution in [2.24, 2.45) is 0 Å². The molecule has 0 fully saturated rings. The molecule has 0 saturated heterocycles. The van der Waals surface area contributed by atoms with Crippen LogP contribution in [0.1, 0.15) is 33.4 Å². The molecule has 0 N–H and O–H groups in total. The summed E-state index contributed by atoms with van der Waals surface area (Å²) in [6.07, 6.45) is 4.48. The quantitative estimate of drug-likeness (QED) is 0.0789. The van der Waals surface area contributed by atoms with Crippen LogP contribution >= 0.6 is 0 Å². The molecule has 1 aliphatic rings. The Kier molecular flexibility index (Phi) is 13.2. The zero-order valence-electron chi connectivity index (χ0n) is 34.4. The number of hydrogen-bond acceptors (Lipinski definition) is 10. The SMILES string of the molecule is COc1cccc(CCc2cc(OC)cc(Oc3cc(CCc4cc(OC)c5c(c4)OCO5)cc(Oc4cc(CCc5cccc(OC)c5)cc(OC)c4)c3OC)c2)c1. The molecule has 7 rings (SSSR count). The molecule has 0 aliphatic carbocycles. The second kappa shape index (κ2) is 19.2. The summed E-state index contributed by atoms with van der Waals surface area (Å²) in [7, 11) is 9.91. The molecule has 0 saturated carbocycles. The molecule has 0 spiro atoms. The van der Waals surface area contributed by atoms with Crippen LogP contribution in [0.3, 0.4) is 0 Å². The highest BCUT2D eigenvalue weighted by Gasteiger charge is 2.22. The van der Waals surface area contributed by atoms with E-state index in [9.17, 15) is 0 Å². The molecule has 0 amide bonds. The van der Waals surface area contributed by atoms with Crippen LogP contribution in [0.15, 0.2) is 109 Å². The van der Waals surface area contributed by atoms with Crippen molar-refractivity contribution in [1.82, 2.24) is 0 Å². The first-order valence-corrected chi connectivity index (χ1v) is 19.5. The molecule has 0 aromatic heterocycles. The summed E-state index contributed by atoms with van der Waals surface area (Å²) in [5.41, 5.74) is 6.47. The molecule has 1 heterocycles. The molecule has 59 heavy (non-hydrogen) atoms. The zero-order valence-corrected chi connectivity index (χ0v) is 34.4. The lowest BCUT2D eigenvalue weighted by molar-refractivity contribution is 0.171. The highest BCUT2D eigenvalue weighted by Crippen LogP contribution is 2.45. The molecular formula is C49H50O10. The monoisotopic (exact) mass is 798 g/mol. The minimum absolute atomic E-state index is 0.162. The lowest BCUT2D eigenvalue weighted by Gasteiger charge is -2.19. The second-order valence-corrected chi connectivity index (χ2v) is 14.1. The second-order valence-electron chi connectivity index (χ2n) is 14.1. The van der Waals surface area contributed by atoms with Gasteiger partial charge in [0.05, 0.1) is 42.7 Å². The van der Waals surface area contributed by atoms with Gasteiger partial charge in [0.25, 0.3) is 0 Å². The van der Waals surface area contributed by atoms with E-state index < -0.39 is 0 Å². The van der Waals surface area contributed by atoms with Crippen LogP contribution < -0.4 is 47.4 Å². The van der Waals surface area contributed by atoms with E-state index in [4.69, 9.17) is 47.4 Å². The Labute approximate surface area is 346 Å². The molecular weight excluding hydrogens is 749 g/mol. The van der Waals surface area contributed by atoms with Crippen LogP contribution in [-0.2, 0) is 38.5 Å². The fourth-order valence-electron chi connectivity index (χ4n) is 7.14. The Bertz CT molecular complexity index is 2240. The molecule has 0 bridgehead atoms. The lowest BCUT2D eigenvalue weighted by Crippen LogP contribution is -2.00. The van der Waals surface area contributed by atoms with Crippen molar-refractivity contribution in [3.8, 4) is 69.0 Å². The minimum atomic E-state index is 0.162. The third-order valence-electron chi connectivity index (χ3n) is 10.2. The van der Waals surface area contributed by atoms with Gasteiger partial charge in [-0.1, -0.05) is 24.3 Å². The summed E-state index contributed by atoms with van der Waals surface area (Å²) in [6.45, 7) is 0.162. The number of rotatable bonds is 19. The standard InChI is InChI=1S/C49H50O10/c1-50-38-11-7-9-32(19-38)13-15-34-21-40(52-3)29-42(23-34)58-46-27-37(18-17-36-25-44(54-5)49-45(26-36)56-31-57-49)28-47(48(46)55-6)59-43-24-35(22-41(30-43)53-4)16-14-33-10-8-12-39(20-33)51-2/h7-12,19-30H,13-18,31H2,1-6H3. The van der Waals surface area contributed by atoms with E-state index in [0.29, 0.717) is 70.3 Å². The molecule has 0 atom stereocenters. The number of benzene rings is 6. The van der Waals surface area contributed by atoms with Crippen LogP contribution in [0, 0.1) is 0 Å². The van der Waals surface area contributed by atoms with E-state index in [2.05, 4.69) is 24.3 Å². The fourth-order valence-corrected chi connectivity index (χ4v) is 7.14. The van der Waals surface area contributed by atoms with Gasteiger partial charge in [0, 0.05) is 12.1 Å². The van der Waals surface area contributed by atoms with Crippen molar-refractivity contribution in [2.45, 2.75) is 38.5 Å². The molecule has 0 unspecified atom stereocenters. The third kappa shape index (κ3) is 10.3. The summed E-state index contributed by atoms with van der Waals surface area (Å²) in [5, 5.41) is 0. The zero-order chi connectivity index (χ0) is 41.1. The van der Waals surface area contributed by atoms with Gasteiger partial charge in [0.1, 0.15) is 34.5 Å². The maximum absolute atomic E-state index is 6.72. The average Bonchev–Trinajstić information content (AvgIpc) is 3.75. The maximum atomic E-state index is 6.72. The maximum Gasteiger partial charge on any atom is 0.231 e. The van der Waals surface area contributed by atoms with Crippen LogP contribution in [0.5, 0.6) is 69.0 Å². The van der Waals surface area contributed by atoms with Crippen molar-refractivity contribution in [2.75, 3.05) is 49.5 Å². The normalized spacial score (nSPS) is 11.5. The van der Waals surface area contributed by atoms with Crippen LogP contribution in [0.4, 0.5) is 0 Å². The number of methoxy groups -OCH3 is 6. The van der Waals surface area contributed by atoms with Crippen molar-refractivity contribution < 1.29 is 47.4 Å². The average molecular weight is 799 g/mol. The fraction of sp³-hybridized carbons (Fsp3) is 0.265. The first-order valence-electron chi connectivity index (χ1n) is 19.5. The lowest BCUT2D eigenvalue weighted by atomic mass is 10.0. The van der Waals surface area contributed by atoms with Gasteiger partial charge in [-0.05, 0) is 145 Å². The third-order valence-corrected chi connectivity index (χ3v) is 10.2. The van der Waals surface area contributed by atoms with Crippen LogP contribution in [0.2, 0.25) is 0 Å². The number of fused-ring (bicyclic) bond motifs is 1. The Hall–Kier alpha value is -6.68. The highest BCUT2D eigenvalue weighted by atomic mass is 16.7. The van der Waals surface area contributed by atoms with Gasteiger partial charge in [-0.25, -0.2) is 0 Å². The Morgan fingerprint density at radius 2 is 0.797 bits per heavy atom. The van der Waals surface area contributed by atoms with Crippen LogP contribution in [-0.4, -0.2) is 49.5 Å². The Morgan fingerprint density at radius 1 is 0.373 bits per heavy atom. The number of aryl methyl sites for hydroxylation is 6. The topological polar surface area (TPSA) is 92.3 Å². The largest absolute Gasteiger partial charge is 0.497 e. The van der Waals surface area contributed by atoms with Crippen molar-refractivity contribution in [3.63, 3.8) is 0 Å². The molecule has 1 aliphatic heterocycles. The van der Waals surface area contributed by atoms with Gasteiger partial charge >= 0.3 is 0 Å². The summed E-state index contributed by atoms with van der Waals surface area (Å²) < 4.78 is 58.8. The predicted octanol–water partition coefficient (Wildman–Crippen LogP) is 10.4. The number of ether oxygens (including phenoxy) is 10. The van der Waals surface area contributed by atoms with Crippen molar-refractivity contribution in [1.29, 1.82) is 0 Å². The van der Waals surface area contributed by atoms with Gasteiger partial charge in [0.2, 0.25) is 18.3 Å². The van der Waals surface area contributed by atoms with Crippen molar-refractivity contribution >= 4 is 0 Å². The van der Waals surface area contributed by atoms with E-state index in [1.54, 1.807) is 42.7 Å². The van der Waals surface area contributed by atoms with Gasteiger partial charge in [0.15, 0.2) is 23.0 Å². The highest BCUT2D eigenvalue weighted by molar-refractivity contribution is 5.58. The smallest absolute Gasteiger partial charge is 0.231 e. The summed E-state index contributed by atoms with van der Waals surface area (Å²) >= 11 is 0. The Morgan fingerprint density at radius 3 is 1.27 bits per heavy atom. The first-order chi connectivity index (χ1) is 28.9. The van der Waals surface area contributed by atoms with E-state index in [0.717, 1.165) is 59.4 Å². The van der Waals surface area contributed by atoms with E-state index in [1.165, 1.54) is 11.1 Å². The molecule has 306 valence electrons. The summed E-state index contributed by atoms with van der Waals surface area (Å²) in [6, 6.07) is 36.1. The molecule has 10 heteroatoms. The van der Waals surface area contributed by atoms with Gasteiger partial charge in [-0.3, -0.25) is 0 Å². The first kappa shape index (κ1) is 40.5. The molecule has 6 aromatic rings. The van der Waals surface area contributed by atoms with Crippen LogP contribution in [0.25, 0.3) is 0 Å². The molecule has 0 radical (unpaired) electrons. The Balaban J connectivity index is 1.20. The number of hydrogen-bond donors (Lipinski definition) is 0. The summed E-state index contributed by atoms with van der Waals surface area (Å²) in [4.78, 5) is 0. The molecule has 10 nitrogen and oxygen atoms in total. The summed E-state index contributed by atoms with van der Waals surface area (Å²) in [5.74, 6) is 7.61. The minimum Gasteiger partial charge on any atom is -0.497 e. The van der Waals surface area contributed by atoms with E-state index in [1.807, 2.05) is 84.9 Å².